The van der Waals surface area contributed by atoms with Crippen LogP contribution >= 0.6 is 0 Å². The molecule has 0 aromatic heterocycles. The highest BCUT2D eigenvalue weighted by atomic mass is 16.7. The molecule has 0 bridgehead atoms. The van der Waals surface area contributed by atoms with Crippen molar-refractivity contribution in [2.24, 2.45) is 11.8 Å². The molecule has 0 atom stereocenters. The van der Waals surface area contributed by atoms with Crippen LogP contribution in [0, 0.1) is 11.8 Å². The van der Waals surface area contributed by atoms with Crippen LogP contribution in [-0.4, -0.2) is 17.7 Å². The second kappa shape index (κ2) is 9.63. The van der Waals surface area contributed by atoms with E-state index in [1.54, 1.807) is 48.5 Å². The maximum atomic E-state index is 13.0. The number of anilines is 2. The lowest BCUT2D eigenvalue weighted by molar-refractivity contribution is -0.193. The summed E-state index contributed by atoms with van der Waals surface area (Å²) >= 11 is 0. The minimum absolute atomic E-state index is 0.275. The molecule has 2 fully saturated rings. The van der Waals surface area contributed by atoms with Crippen LogP contribution in [0.15, 0.2) is 48.5 Å². The number of carbonyl (C=O) groups is 2. The van der Waals surface area contributed by atoms with Gasteiger partial charge in [-0.1, -0.05) is 56.4 Å². The number of benzene rings is 2. The van der Waals surface area contributed by atoms with Gasteiger partial charge in [-0.05, 0) is 48.9 Å². The average molecular weight is 437 g/mol. The highest BCUT2D eigenvalue weighted by Gasteiger charge is 2.44. The molecule has 0 amide bonds. The molecule has 32 heavy (non-hydrogen) atoms. The molecule has 2 aromatic rings. The monoisotopic (exact) mass is 436 g/mol. The van der Waals surface area contributed by atoms with Gasteiger partial charge in [-0.3, -0.25) is 0 Å². The van der Waals surface area contributed by atoms with E-state index in [2.05, 4.69) is 0 Å². The molecule has 0 saturated heterocycles. The lowest BCUT2D eigenvalue weighted by Gasteiger charge is -2.41. The van der Waals surface area contributed by atoms with E-state index in [9.17, 15) is 9.59 Å². The molecule has 2 aromatic carbocycles. The maximum absolute atomic E-state index is 13.0. The van der Waals surface area contributed by atoms with E-state index < -0.39 is 17.7 Å². The molecule has 6 nitrogen and oxygen atoms in total. The van der Waals surface area contributed by atoms with Crippen molar-refractivity contribution < 1.29 is 19.1 Å². The summed E-state index contributed by atoms with van der Waals surface area (Å²) in [5, 5.41) is 0. The highest BCUT2D eigenvalue weighted by molar-refractivity contribution is 5.96. The van der Waals surface area contributed by atoms with Gasteiger partial charge < -0.3 is 20.9 Å². The highest BCUT2D eigenvalue weighted by Crippen LogP contribution is 2.44. The summed E-state index contributed by atoms with van der Waals surface area (Å²) in [7, 11) is 0. The van der Waals surface area contributed by atoms with E-state index >= 15 is 0 Å². The van der Waals surface area contributed by atoms with Crippen molar-refractivity contribution in [2.45, 2.75) is 63.6 Å². The van der Waals surface area contributed by atoms with Crippen LogP contribution in [-0.2, 0) is 9.47 Å². The molecular weight excluding hydrogens is 404 g/mol. The zero-order valence-corrected chi connectivity index (χ0v) is 18.4. The van der Waals surface area contributed by atoms with Gasteiger partial charge in [-0.15, -0.1) is 0 Å². The minimum Gasteiger partial charge on any atom is -0.419 e. The predicted octanol–water partition coefficient (Wildman–Crippen LogP) is 5.33. The summed E-state index contributed by atoms with van der Waals surface area (Å²) in [4.78, 5) is 26.0. The Hall–Kier alpha value is -3.02. The summed E-state index contributed by atoms with van der Waals surface area (Å²) in [6, 6.07) is 13.5. The van der Waals surface area contributed by atoms with Gasteiger partial charge in [0.15, 0.2) is 0 Å². The topological polar surface area (TPSA) is 105 Å². The molecule has 4 N–H and O–H groups in total. The fourth-order valence-corrected chi connectivity index (χ4v) is 5.20. The first-order chi connectivity index (χ1) is 15.5. The average Bonchev–Trinajstić information content (AvgIpc) is 2.80. The van der Waals surface area contributed by atoms with Gasteiger partial charge in [0.25, 0.3) is 5.79 Å². The fraction of sp³-hybridized carbons (Fsp3) is 0.462. The number of esters is 2. The van der Waals surface area contributed by atoms with Crippen LogP contribution in [0.2, 0.25) is 0 Å². The molecule has 0 heterocycles. The molecular formula is C26H32N2O4. The number of para-hydroxylation sites is 2. The molecule has 0 spiro atoms. The van der Waals surface area contributed by atoms with E-state index in [0.29, 0.717) is 36.1 Å². The maximum Gasteiger partial charge on any atom is 0.343 e. The van der Waals surface area contributed by atoms with Gasteiger partial charge in [0, 0.05) is 24.2 Å². The Balaban J connectivity index is 1.54. The van der Waals surface area contributed by atoms with E-state index in [1.165, 1.54) is 32.1 Å². The molecule has 0 aliphatic heterocycles. The van der Waals surface area contributed by atoms with Crippen LogP contribution in [0.25, 0.3) is 0 Å². The molecule has 2 aliphatic carbocycles. The van der Waals surface area contributed by atoms with Gasteiger partial charge in [-0.25, -0.2) is 9.59 Å². The Morgan fingerprint density at radius 1 is 0.688 bits per heavy atom. The molecule has 0 radical (unpaired) electrons. The largest absolute Gasteiger partial charge is 0.419 e. The summed E-state index contributed by atoms with van der Waals surface area (Å²) in [6.45, 7) is 0. The van der Waals surface area contributed by atoms with Crippen molar-refractivity contribution in [3.63, 3.8) is 0 Å². The number of rotatable bonds is 5. The van der Waals surface area contributed by atoms with Crippen molar-refractivity contribution in [1.29, 1.82) is 0 Å². The van der Waals surface area contributed by atoms with Gasteiger partial charge in [0.1, 0.15) is 0 Å². The first-order valence-electron chi connectivity index (χ1n) is 11.6. The first-order valence-corrected chi connectivity index (χ1v) is 11.6. The number of carbonyl (C=O) groups excluding carboxylic acids is 2. The third-order valence-corrected chi connectivity index (χ3v) is 7.03. The predicted molar refractivity (Wildman–Crippen MR) is 124 cm³/mol. The van der Waals surface area contributed by atoms with E-state index in [4.69, 9.17) is 20.9 Å². The van der Waals surface area contributed by atoms with Gasteiger partial charge in [0.2, 0.25) is 0 Å². The van der Waals surface area contributed by atoms with Crippen molar-refractivity contribution in [2.75, 3.05) is 11.5 Å². The summed E-state index contributed by atoms with van der Waals surface area (Å²) in [5.41, 5.74) is 13.2. The summed E-state index contributed by atoms with van der Waals surface area (Å²) in [5.74, 6) is -1.18. The van der Waals surface area contributed by atoms with Crippen LogP contribution in [0.4, 0.5) is 11.4 Å². The van der Waals surface area contributed by atoms with E-state index in [0.717, 1.165) is 12.8 Å². The molecule has 170 valence electrons. The molecule has 4 rings (SSSR count). The van der Waals surface area contributed by atoms with Crippen molar-refractivity contribution in [3.05, 3.63) is 59.7 Å². The number of hydrogen-bond donors (Lipinski definition) is 2. The molecule has 2 saturated carbocycles. The zero-order chi connectivity index (χ0) is 22.6. The standard InChI is InChI=1S/C26H32N2O4/c27-22-12-6-4-10-20(22)24(29)31-26(32-25(30)21-11-5-7-13-23(21)28)16-14-19(15-17-26)18-8-2-1-3-9-18/h4-7,10-13,18-19H,1-3,8-9,14-17,27-28H2. The van der Waals surface area contributed by atoms with Crippen molar-refractivity contribution in [1.82, 2.24) is 0 Å². The second-order valence-electron chi connectivity index (χ2n) is 9.10. The van der Waals surface area contributed by atoms with Gasteiger partial charge >= 0.3 is 11.9 Å². The van der Waals surface area contributed by atoms with Gasteiger partial charge in [0.05, 0.1) is 11.1 Å². The number of nitrogens with two attached hydrogens (primary N) is 2. The normalized spacial score (nSPS) is 19.2. The first kappa shape index (κ1) is 22.2. The Labute approximate surface area is 189 Å². The van der Waals surface area contributed by atoms with Gasteiger partial charge in [-0.2, -0.15) is 0 Å². The van der Waals surface area contributed by atoms with E-state index in [-0.39, 0.29) is 11.1 Å². The minimum atomic E-state index is -1.32. The quantitative estimate of drug-likeness (QED) is 0.373. The summed E-state index contributed by atoms with van der Waals surface area (Å²) in [6.07, 6.45) is 9.10. The Kier molecular flexibility index (Phi) is 6.68. The molecule has 2 aliphatic rings. The molecule has 0 unspecified atom stereocenters. The smallest absolute Gasteiger partial charge is 0.343 e. The Morgan fingerprint density at radius 2 is 1.12 bits per heavy atom. The Morgan fingerprint density at radius 3 is 1.59 bits per heavy atom. The van der Waals surface area contributed by atoms with Crippen LogP contribution in [0.5, 0.6) is 0 Å². The SMILES string of the molecule is Nc1ccccc1C(=O)OC1(OC(=O)c2ccccc2N)CCC(C2CCCCC2)CC1. The summed E-state index contributed by atoms with van der Waals surface area (Å²) < 4.78 is 11.8. The molecule has 6 heteroatoms. The number of nitrogen functional groups attached to an aromatic ring is 2. The number of hydrogen-bond acceptors (Lipinski definition) is 6. The van der Waals surface area contributed by atoms with Crippen LogP contribution in [0.1, 0.15) is 78.5 Å². The lowest BCUT2D eigenvalue weighted by Crippen LogP contribution is -2.44. The lowest BCUT2D eigenvalue weighted by atomic mass is 9.72. The zero-order valence-electron chi connectivity index (χ0n) is 18.4. The fourth-order valence-electron chi connectivity index (χ4n) is 5.20. The third kappa shape index (κ3) is 4.90. The van der Waals surface area contributed by atoms with Crippen molar-refractivity contribution in [3.8, 4) is 0 Å². The second-order valence-corrected chi connectivity index (χ2v) is 9.10. The third-order valence-electron chi connectivity index (χ3n) is 7.03. The number of ether oxygens (including phenoxy) is 2. The van der Waals surface area contributed by atoms with Crippen molar-refractivity contribution >= 4 is 23.3 Å². The van der Waals surface area contributed by atoms with Crippen LogP contribution < -0.4 is 11.5 Å². The van der Waals surface area contributed by atoms with E-state index in [1.807, 2.05) is 0 Å². The van der Waals surface area contributed by atoms with Crippen LogP contribution in [0.3, 0.4) is 0 Å². The Bertz CT molecular complexity index is 898.